The summed E-state index contributed by atoms with van der Waals surface area (Å²) in [4.78, 5) is 46.6. The third kappa shape index (κ3) is 7.42. The monoisotopic (exact) mass is 550 g/mol. The Balaban J connectivity index is 2.11. The lowest BCUT2D eigenvalue weighted by molar-refractivity contribution is -0.201. The number of ketones is 1. The predicted octanol–water partition coefficient (Wildman–Crippen LogP) is 3.70. The molecule has 0 radical (unpaired) electrons. The lowest BCUT2D eigenvalue weighted by Crippen LogP contribution is -2.57. The van der Waals surface area contributed by atoms with Crippen LogP contribution >= 0.6 is 0 Å². The highest BCUT2D eigenvalue weighted by Crippen LogP contribution is 2.39. The highest BCUT2D eigenvalue weighted by atomic mass is 16.8. The first-order valence-corrected chi connectivity index (χ1v) is 13.9. The minimum absolute atomic E-state index is 0.174. The van der Waals surface area contributed by atoms with Crippen LogP contribution in [-0.4, -0.2) is 36.5 Å². The Kier molecular flexibility index (Phi) is 11.6. The van der Waals surface area contributed by atoms with Gasteiger partial charge in [-0.3, -0.25) is 19.8 Å². The van der Waals surface area contributed by atoms with E-state index in [1.165, 1.54) is 0 Å². The maximum Gasteiger partial charge on any atom is 0.252 e. The van der Waals surface area contributed by atoms with E-state index < -0.39 is 41.3 Å². The van der Waals surface area contributed by atoms with E-state index in [2.05, 4.69) is 10.9 Å². The van der Waals surface area contributed by atoms with Crippen molar-refractivity contribution in [2.45, 2.75) is 83.0 Å². The molecule has 0 spiro atoms. The molecule has 216 valence electrons. The van der Waals surface area contributed by atoms with Gasteiger partial charge in [0.1, 0.15) is 5.41 Å². The number of nitrogens with one attached hydrogen (secondary N) is 2. The number of hydrogen-bond donors (Lipinski definition) is 4. The maximum absolute atomic E-state index is 13.8. The van der Waals surface area contributed by atoms with Crippen molar-refractivity contribution in [1.29, 1.82) is 0 Å². The van der Waals surface area contributed by atoms with Crippen LogP contribution in [0.1, 0.15) is 80.5 Å². The van der Waals surface area contributed by atoms with Crippen LogP contribution in [0.5, 0.6) is 0 Å². The van der Waals surface area contributed by atoms with E-state index >= 15 is 0 Å². The van der Waals surface area contributed by atoms with E-state index in [4.69, 9.17) is 21.2 Å². The zero-order valence-electron chi connectivity index (χ0n) is 23.7. The molecule has 0 saturated carbocycles. The summed E-state index contributed by atoms with van der Waals surface area (Å²) in [7, 11) is 0. The number of Topliss-reactive ketones (excluding diaryl/α,β-unsaturated/α-hetero) is 1. The zero-order chi connectivity index (χ0) is 29.1. The zero-order valence-corrected chi connectivity index (χ0v) is 23.7. The first-order chi connectivity index (χ1) is 19.2. The second kappa shape index (κ2) is 14.9. The minimum atomic E-state index is -1.67. The average molecular weight is 551 g/mol. The van der Waals surface area contributed by atoms with Crippen LogP contribution in [0.25, 0.3) is 6.08 Å². The number of hydroxylamine groups is 1. The number of nitrogens with two attached hydrogens (primary N) is 2. The number of amides is 2. The molecule has 2 aromatic carbocycles. The quantitative estimate of drug-likeness (QED) is 0.129. The number of benzene rings is 2. The molecule has 9 heteroatoms. The van der Waals surface area contributed by atoms with Gasteiger partial charge >= 0.3 is 0 Å². The molecule has 1 heterocycles. The van der Waals surface area contributed by atoms with Crippen LogP contribution in [0.4, 0.5) is 0 Å². The minimum Gasteiger partial charge on any atom is -0.350 e. The number of rotatable bonds is 13. The fraction of sp³-hybridized carbons (Fsp3) is 0.452. The average Bonchev–Trinajstić information content (AvgIpc) is 2.97. The van der Waals surface area contributed by atoms with Crippen molar-refractivity contribution in [3.63, 3.8) is 0 Å². The number of carbonyl (C=O) groups is 3. The van der Waals surface area contributed by atoms with E-state index in [1.807, 2.05) is 68.5 Å². The topological polar surface area (TPSA) is 146 Å². The summed E-state index contributed by atoms with van der Waals surface area (Å²) in [6, 6.07) is 14.2. The van der Waals surface area contributed by atoms with Gasteiger partial charge in [0, 0.05) is 13.0 Å². The second-order valence-corrected chi connectivity index (χ2v) is 10.4. The summed E-state index contributed by atoms with van der Waals surface area (Å²) in [5, 5.41) is 0. The number of carbonyl (C=O) groups excluding carboxylic acids is 3. The summed E-state index contributed by atoms with van der Waals surface area (Å²) >= 11 is 0. The Morgan fingerprint density at radius 2 is 1.93 bits per heavy atom. The Morgan fingerprint density at radius 3 is 2.55 bits per heavy atom. The van der Waals surface area contributed by atoms with Gasteiger partial charge in [-0.25, -0.2) is 16.2 Å². The Hall–Kier alpha value is -3.37. The van der Waals surface area contributed by atoms with Gasteiger partial charge < -0.3 is 10.5 Å². The van der Waals surface area contributed by atoms with Crippen molar-refractivity contribution in [2.75, 3.05) is 6.61 Å². The molecule has 1 aliphatic heterocycles. The SMILES string of the molecule is CCC[C@](C(=O)NN)(C(=O)[C@@H](C)N)c1ccc(C)cc1[C@H](C/C=C/c1ccccc1)C(=O)NOC1CCCCO1. The number of hydrazine groups is 1. The van der Waals surface area contributed by atoms with Gasteiger partial charge in [0.2, 0.25) is 0 Å². The van der Waals surface area contributed by atoms with Crippen molar-refractivity contribution in [1.82, 2.24) is 10.9 Å². The van der Waals surface area contributed by atoms with Crippen molar-refractivity contribution >= 4 is 23.7 Å². The molecule has 40 heavy (non-hydrogen) atoms. The highest BCUT2D eigenvalue weighted by molar-refractivity contribution is 6.14. The molecule has 0 aromatic heterocycles. The molecular weight excluding hydrogens is 508 g/mol. The van der Waals surface area contributed by atoms with E-state index in [9.17, 15) is 14.4 Å². The summed E-state index contributed by atoms with van der Waals surface area (Å²) in [6.07, 6.45) is 6.83. The molecule has 1 aliphatic rings. The molecule has 2 aromatic rings. The van der Waals surface area contributed by atoms with Crippen LogP contribution in [0.15, 0.2) is 54.6 Å². The van der Waals surface area contributed by atoms with Crippen LogP contribution in [0, 0.1) is 6.92 Å². The van der Waals surface area contributed by atoms with Crippen molar-refractivity contribution in [3.8, 4) is 0 Å². The van der Waals surface area contributed by atoms with E-state index in [0.717, 1.165) is 24.0 Å². The Morgan fingerprint density at radius 1 is 1.18 bits per heavy atom. The Labute approximate surface area is 236 Å². The molecule has 0 bridgehead atoms. The normalized spacial score (nSPS) is 18.5. The fourth-order valence-corrected chi connectivity index (χ4v) is 5.26. The van der Waals surface area contributed by atoms with Gasteiger partial charge in [-0.05, 0) is 56.2 Å². The van der Waals surface area contributed by atoms with Gasteiger partial charge in [0.15, 0.2) is 12.1 Å². The fourth-order valence-electron chi connectivity index (χ4n) is 5.26. The van der Waals surface area contributed by atoms with Gasteiger partial charge in [0.05, 0.1) is 12.0 Å². The number of allylic oxidation sites excluding steroid dienone is 1. The van der Waals surface area contributed by atoms with Crippen molar-refractivity contribution < 1.29 is 24.0 Å². The Bertz CT molecular complexity index is 1180. The molecule has 0 aliphatic carbocycles. The molecule has 2 amide bonds. The van der Waals surface area contributed by atoms with Crippen molar-refractivity contribution in [3.05, 3.63) is 76.9 Å². The standard InChI is InChI=1S/C31H42N4O5/c1-4-18-31(30(38)34-33,28(36)22(3)32)26-17-16-21(2)20-25(26)24(14-10-13-23-11-6-5-7-12-23)29(37)35-40-27-15-8-9-19-39-27/h5-7,10-13,16-17,20,22,24,27H,4,8-9,14-15,18-19,32-33H2,1-3H3,(H,34,38)(H,35,37)/b13-10+/t22-,24+,27?,31-/m1/s1. The predicted molar refractivity (Wildman–Crippen MR) is 154 cm³/mol. The molecule has 9 nitrogen and oxygen atoms in total. The molecule has 1 unspecified atom stereocenters. The lowest BCUT2D eigenvalue weighted by atomic mass is 9.67. The summed E-state index contributed by atoms with van der Waals surface area (Å²) in [5.41, 5.74) is 12.0. The van der Waals surface area contributed by atoms with Gasteiger partial charge in [-0.1, -0.05) is 79.6 Å². The van der Waals surface area contributed by atoms with E-state index in [1.54, 1.807) is 13.0 Å². The van der Waals surface area contributed by atoms with Crippen LogP contribution in [0.3, 0.4) is 0 Å². The first kappa shape index (κ1) is 31.2. The van der Waals surface area contributed by atoms with Gasteiger partial charge in [0.25, 0.3) is 11.8 Å². The van der Waals surface area contributed by atoms with Gasteiger partial charge in [-0.15, -0.1) is 0 Å². The van der Waals surface area contributed by atoms with E-state index in [-0.39, 0.29) is 12.8 Å². The summed E-state index contributed by atoms with van der Waals surface area (Å²) in [6.45, 7) is 5.89. The van der Waals surface area contributed by atoms with E-state index in [0.29, 0.717) is 30.6 Å². The smallest absolute Gasteiger partial charge is 0.252 e. The third-order valence-electron chi connectivity index (χ3n) is 7.25. The molecular formula is C31H42N4O5. The maximum atomic E-state index is 13.8. The first-order valence-electron chi connectivity index (χ1n) is 13.9. The van der Waals surface area contributed by atoms with Crippen molar-refractivity contribution in [2.24, 2.45) is 11.6 Å². The molecule has 1 fully saturated rings. The summed E-state index contributed by atoms with van der Waals surface area (Å²) in [5.74, 6) is 3.31. The number of hydrogen-bond acceptors (Lipinski definition) is 7. The lowest BCUT2D eigenvalue weighted by Gasteiger charge is -2.35. The molecule has 1 saturated heterocycles. The second-order valence-electron chi connectivity index (χ2n) is 10.4. The third-order valence-corrected chi connectivity index (χ3v) is 7.25. The molecule has 4 atom stereocenters. The van der Waals surface area contributed by atoms with Crippen LogP contribution in [-0.2, 0) is 29.4 Å². The molecule has 6 N–H and O–H groups in total. The molecule has 3 rings (SSSR count). The summed E-state index contributed by atoms with van der Waals surface area (Å²) < 4.78 is 5.61. The number of ether oxygens (including phenoxy) is 1. The highest BCUT2D eigenvalue weighted by Gasteiger charge is 2.49. The van der Waals surface area contributed by atoms with Gasteiger partial charge in [-0.2, -0.15) is 0 Å². The van der Waals surface area contributed by atoms with Crippen LogP contribution in [0.2, 0.25) is 0 Å². The number of aryl methyl sites for hydroxylation is 1. The largest absolute Gasteiger partial charge is 0.350 e. The van der Waals surface area contributed by atoms with Crippen LogP contribution < -0.4 is 22.5 Å².